The van der Waals surface area contributed by atoms with Gasteiger partial charge in [-0.15, -0.1) is 0 Å². The van der Waals surface area contributed by atoms with Gasteiger partial charge < -0.3 is 4.74 Å². The molecule has 0 aliphatic heterocycles. The Kier molecular flexibility index (Phi) is 6.72. The summed E-state index contributed by atoms with van der Waals surface area (Å²) in [5, 5.41) is 0. The van der Waals surface area contributed by atoms with Crippen LogP contribution in [-0.4, -0.2) is 17.3 Å². The zero-order valence-electron chi connectivity index (χ0n) is 9.58. The highest BCUT2D eigenvalue weighted by molar-refractivity contribution is 5.01. The van der Waals surface area contributed by atoms with Crippen molar-refractivity contribution in [1.29, 1.82) is 0 Å². The van der Waals surface area contributed by atoms with Gasteiger partial charge in [0.2, 0.25) is 0 Å². The summed E-state index contributed by atoms with van der Waals surface area (Å²) in [7, 11) is 0. The maximum absolute atomic E-state index is 12.0. The van der Waals surface area contributed by atoms with Gasteiger partial charge >= 0.3 is 6.18 Å². The molecule has 1 aromatic rings. The first-order valence-corrected chi connectivity index (χ1v) is 5.08. The minimum Gasteiger partial charge on any atom is -0.363 e. The molecule has 0 N–H and O–H groups in total. The summed E-state index contributed by atoms with van der Waals surface area (Å²) >= 11 is 0. The summed E-state index contributed by atoms with van der Waals surface area (Å²) in [6, 6.07) is 5.00. The van der Waals surface area contributed by atoms with Crippen LogP contribution < -0.4 is 0 Å². The fraction of sp³-hybridized carbons (Fsp3) is 0.545. The van der Waals surface area contributed by atoms with E-state index in [0.29, 0.717) is 5.69 Å². The molecule has 0 aliphatic rings. The Balaban J connectivity index is 0.00000106. The second kappa shape index (κ2) is 7.22. The van der Waals surface area contributed by atoms with E-state index in [0.717, 1.165) is 6.92 Å². The highest BCUT2D eigenvalue weighted by atomic mass is 19.4. The lowest BCUT2D eigenvalue weighted by molar-refractivity contribution is -0.217. The molecule has 0 fully saturated rings. The van der Waals surface area contributed by atoms with Gasteiger partial charge in [-0.2, -0.15) is 13.2 Å². The van der Waals surface area contributed by atoms with Crippen LogP contribution in [0.1, 0.15) is 26.5 Å². The molecule has 5 heteroatoms. The van der Waals surface area contributed by atoms with E-state index in [2.05, 4.69) is 9.72 Å². The van der Waals surface area contributed by atoms with Crippen molar-refractivity contribution >= 4 is 0 Å². The Bertz CT molecular complexity index is 274. The normalized spacial score (nSPS) is 12.6. The number of rotatable bonds is 3. The zero-order chi connectivity index (χ0) is 12.6. The van der Waals surface area contributed by atoms with Gasteiger partial charge in [-0.3, -0.25) is 4.98 Å². The number of hydrogen-bond acceptors (Lipinski definition) is 2. The molecule has 16 heavy (non-hydrogen) atoms. The van der Waals surface area contributed by atoms with Crippen LogP contribution in [0.4, 0.5) is 13.2 Å². The summed E-state index contributed by atoms with van der Waals surface area (Å²) < 4.78 is 40.6. The molecule has 0 saturated heterocycles. The minimum atomic E-state index is -4.31. The van der Waals surface area contributed by atoms with Crippen molar-refractivity contribution in [3.63, 3.8) is 0 Å². The monoisotopic (exact) mass is 235 g/mol. The summed E-state index contributed by atoms with van der Waals surface area (Å²) in [6.07, 6.45) is -4.56. The number of aromatic nitrogens is 1. The first kappa shape index (κ1) is 14.9. The molecule has 1 aromatic heterocycles. The van der Waals surface area contributed by atoms with Crippen molar-refractivity contribution in [3.05, 3.63) is 30.1 Å². The average Bonchev–Trinajstić information content (AvgIpc) is 2.28. The Morgan fingerprint density at radius 1 is 1.31 bits per heavy atom. The molecule has 1 unspecified atom stereocenters. The van der Waals surface area contributed by atoms with Crippen LogP contribution >= 0.6 is 0 Å². The predicted molar refractivity (Wildman–Crippen MR) is 55.9 cm³/mol. The van der Waals surface area contributed by atoms with E-state index in [-0.39, 0.29) is 6.61 Å². The van der Waals surface area contributed by atoms with Gasteiger partial charge in [-0.25, -0.2) is 0 Å². The van der Waals surface area contributed by atoms with Gasteiger partial charge in [0.05, 0.1) is 12.3 Å². The molecule has 0 aliphatic carbocycles. The van der Waals surface area contributed by atoms with Gasteiger partial charge in [0, 0.05) is 6.20 Å². The third-order valence-corrected chi connectivity index (χ3v) is 1.67. The highest BCUT2D eigenvalue weighted by Gasteiger charge is 2.36. The van der Waals surface area contributed by atoms with Crippen LogP contribution in [0.5, 0.6) is 0 Å². The van der Waals surface area contributed by atoms with E-state index < -0.39 is 12.3 Å². The van der Waals surface area contributed by atoms with Crippen molar-refractivity contribution in [1.82, 2.24) is 4.98 Å². The van der Waals surface area contributed by atoms with Crippen molar-refractivity contribution < 1.29 is 17.9 Å². The molecule has 0 saturated carbocycles. The molecule has 1 heterocycles. The number of halogens is 3. The molecule has 1 atom stereocenters. The van der Waals surface area contributed by atoms with Crippen LogP contribution in [0.2, 0.25) is 0 Å². The summed E-state index contributed by atoms with van der Waals surface area (Å²) in [6.45, 7) is 4.85. The summed E-state index contributed by atoms with van der Waals surface area (Å²) in [4.78, 5) is 3.84. The molecule has 2 nitrogen and oxygen atoms in total. The van der Waals surface area contributed by atoms with E-state index in [4.69, 9.17) is 0 Å². The molecular formula is C11H16F3NO. The number of alkyl halides is 3. The lowest BCUT2D eigenvalue weighted by atomic mass is 10.3. The predicted octanol–water partition coefficient (Wildman–Crippen LogP) is 3.58. The van der Waals surface area contributed by atoms with Crippen LogP contribution in [0, 0.1) is 0 Å². The molecule has 92 valence electrons. The number of hydrogen-bond donors (Lipinski definition) is 0. The molecule has 1 rings (SSSR count). The first-order chi connectivity index (χ1) is 7.50. The molecule has 0 spiro atoms. The van der Waals surface area contributed by atoms with Crippen LogP contribution in [0.3, 0.4) is 0 Å². The molecule has 0 bridgehead atoms. The van der Waals surface area contributed by atoms with E-state index in [1.165, 1.54) is 6.20 Å². The fourth-order valence-electron chi connectivity index (χ4n) is 0.788. The Hall–Kier alpha value is -1.10. The van der Waals surface area contributed by atoms with E-state index in [1.54, 1.807) is 18.2 Å². The lowest BCUT2D eigenvalue weighted by Crippen LogP contribution is -2.28. The van der Waals surface area contributed by atoms with Crippen LogP contribution in [0.15, 0.2) is 24.4 Å². The summed E-state index contributed by atoms with van der Waals surface area (Å²) in [5.41, 5.74) is 0.489. The SMILES string of the molecule is CC.CC(OCc1ccccn1)C(F)(F)F. The highest BCUT2D eigenvalue weighted by Crippen LogP contribution is 2.22. The van der Waals surface area contributed by atoms with Gasteiger partial charge in [0.25, 0.3) is 0 Å². The van der Waals surface area contributed by atoms with Crippen LogP contribution in [0.25, 0.3) is 0 Å². The Labute approximate surface area is 93.5 Å². The largest absolute Gasteiger partial charge is 0.414 e. The molecule has 0 radical (unpaired) electrons. The standard InChI is InChI=1S/C9H10F3NO.C2H6/c1-7(9(10,11)12)14-6-8-4-2-3-5-13-8;1-2/h2-5,7H,6H2,1H3;1-2H3. The molecular weight excluding hydrogens is 219 g/mol. The van der Waals surface area contributed by atoms with Gasteiger partial charge in [0.1, 0.15) is 0 Å². The first-order valence-electron chi connectivity index (χ1n) is 5.08. The Morgan fingerprint density at radius 3 is 2.38 bits per heavy atom. The molecule has 0 amide bonds. The second-order valence-corrected chi connectivity index (χ2v) is 2.82. The number of nitrogens with zero attached hydrogens (tertiary/aromatic N) is 1. The number of pyridine rings is 1. The van der Waals surface area contributed by atoms with Crippen molar-refractivity contribution in [2.75, 3.05) is 0 Å². The van der Waals surface area contributed by atoms with E-state index >= 15 is 0 Å². The van der Waals surface area contributed by atoms with Crippen LogP contribution in [-0.2, 0) is 11.3 Å². The summed E-state index contributed by atoms with van der Waals surface area (Å²) in [5.74, 6) is 0. The molecule has 0 aromatic carbocycles. The fourth-order valence-corrected chi connectivity index (χ4v) is 0.788. The maximum atomic E-state index is 12.0. The van der Waals surface area contributed by atoms with Gasteiger partial charge in [-0.1, -0.05) is 19.9 Å². The average molecular weight is 235 g/mol. The Morgan fingerprint density at radius 2 is 1.94 bits per heavy atom. The number of ether oxygens (including phenoxy) is 1. The maximum Gasteiger partial charge on any atom is 0.414 e. The van der Waals surface area contributed by atoms with E-state index in [1.807, 2.05) is 13.8 Å². The minimum absolute atomic E-state index is 0.123. The topological polar surface area (TPSA) is 22.1 Å². The third-order valence-electron chi connectivity index (χ3n) is 1.67. The van der Waals surface area contributed by atoms with Gasteiger partial charge in [0.15, 0.2) is 6.10 Å². The third kappa shape index (κ3) is 5.70. The smallest absolute Gasteiger partial charge is 0.363 e. The second-order valence-electron chi connectivity index (χ2n) is 2.82. The lowest BCUT2D eigenvalue weighted by Gasteiger charge is -2.15. The van der Waals surface area contributed by atoms with Crippen molar-refractivity contribution in [2.24, 2.45) is 0 Å². The van der Waals surface area contributed by atoms with Gasteiger partial charge in [-0.05, 0) is 19.1 Å². The zero-order valence-corrected chi connectivity index (χ0v) is 9.58. The van der Waals surface area contributed by atoms with E-state index in [9.17, 15) is 13.2 Å². The van der Waals surface area contributed by atoms with Crippen molar-refractivity contribution in [3.8, 4) is 0 Å². The van der Waals surface area contributed by atoms with Crippen molar-refractivity contribution in [2.45, 2.75) is 39.7 Å². The quantitative estimate of drug-likeness (QED) is 0.799.